The van der Waals surface area contributed by atoms with Crippen LogP contribution in [-0.2, 0) is 10.0 Å². The van der Waals surface area contributed by atoms with E-state index >= 15 is 0 Å². The van der Waals surface area contributed by atoms with E-state index < -0.39 is 10.0 Å². The smallest absolute Gasteiger partial charge is 0.240 e. The molecule has 0 saturated heterocycles. The van der Waals surface area contributed by atoms with Crippen molar-refractivity contribution in [1.82, 2.24) is 9.62 Å². The fourth-order valence-electron chi connectivity index (χ4n) is 2.10. The van der Waals surface area contributed by atoms with Crippen molar-refractivity contribution in [3.8, 4) is 0 Å². The third-order valence-electron chi connectivity index (χ3n) is 3.04. The normalized spacial score (nSPS) is 11.9. The van der Waals surface area contributed by atoms with E-state index in [2.05, 4.69) is 37.3 Å². The Morgan fingerprint density at radius 1 is 1.05 bits per heavy atom. The highest BCUT2D eigenvalue weighted by molar-refractivity contribution is 7.89. The molecule has 0 spiro atoms. The predicted octanol–water partition coefficient (Wildman–Crippen LogP) is 2.51. The van der Waals surface area contributed by atoms with Gasteiger partial charge in [-0.1, -0.05) is 18.2 Å². The first-order valence-corrected chi connectivity index (χ1v) is 8.13. The fraction of sp³-hybridized carbons (Fsp3) is 0.571. The zero-order valence-corrected chi connectivity index (χ0v) is 14.2. The molecule has 0 saturated carbocycles. The Balaban J connectivity index is 0.00000361. The summed E-state index contributed by atoms with van der Waals surface area (Å²) in [4.78, 5) is 2.57. The standard InChI is InChI=1S/C14H24N2O2S.ClH/c1-12(2)16(13(3)4)11-10-15-19(17,18)14-8-6-5-7-9-14;/h5-9,12-13,15H,10-11H2,1-4H3;1H. The summed E-state index contributed by atoms with van der Waals surface area (Å²) in [5.41, 5.74) is 0. The molecule has 116 valence electrons. The SMILES string of the molecule is CC(C)N(CCNS(=O)(=O)c1ccccc1)C(C)C.Cl. The van der Waals surface area contributed by atoms with Gasteiger partial charge in [-0.3, -0.25) is 4.90 Å². The van der Waals surface area contributed by atoms with Crippen LogP contribution in [0.15, 0.2) is 35.2 Å². The lowest BCUT2D eigenvalue weighted by atomic mass is 10.2. The molecule has 0 fully saturated rings. The molecular formula is C14H25ClN2O2S. The quantitative estimate of drug-likeness (QED) is 0.839. The average molecular weight is 321 g/mol. The first kappa shape index (κ1) is 19.4. The average Bonchev–Trinajstić information content (AvgIpc) is 2.34. The van der Waals surface area contributed by atoms with Gasteiger partial charge in [-0.25, -0.2) is 13.1 Å². The summed E-state index contributed by atoms with van der Waals surface area (Å²) in [7, 11) is -3.38. The van der Waals surface area contributed by atoms with E-state index in [0.717, 1.165) is 0 Å². The van der Waals surface area contributed by atoms with E-state index in [0.29, 0.717) is 30.1 Å². The van der Waals surface area contributed by atoms with Crippen molar-refractivity contribution in [2.45, 2.75) is 44.7 Å². The van der Waals surface area contributed by atoms with Crippen molar-refractivity contribution in [3.05, 3.63) is 30.3 Å². The molecule has 0 aliphatic carbocycles. The Labute approximate surface area is 129 Å². The Bertz CT molecular complexity index is 467. The van der Waals surface area contributed by atoms with Crippen LogP contribution in [0.1, 0.15) is 27.7 Å². The largest absolute Gasteiger partial charge is 0.297 e. The minimum atomic E-state index is -3.38. The summed E-state index contributed by atoms with van der Waals surface area (Å²) in [6, 6.07) is 9.27. The monoisotopic (exact) mass is 320 g/mol. The molecule has 0 aromatic heterocycles. The molecule has 0 radical (unpaired) electrons. The molecule has 0 heterocycles. The lowest BCUT2D eigenvalue weighted by Crippen LogP contribution is -2.42. The van der Waals surface area contributed by atoms with Crippen molar-refractivity contribution in [3.63, 3.8) is 0 Å². The molecule has 0 atom stereocenters. The minimum Gasteiger partial charge on any atom is -0.297 e. The second kappa shape index (κ2) is 8.62. The third kappa shape index (κ3) is 5.79. The topological polar surface area (TPSA) is 49.4 Å². The first-order chi connectivity index (χ1) is 8.84. The van der Waals surface area contributed by atoms with Crippen LogP contribution in [-0.4, -0.2) is 38.5 Å². The molecule has 6 heteroatoms. The van der Waals surface area contributed by atoms with Crippen LogP contribution < -0.4 is 4.72 Å². The molecular weight excluding hydrogens is 296 g/mol. The Morgan fingerprint density at radius 3 is 2.00 bits per heavy atom. The van der Waals surface area contributed by atoms with E-state index in [1.54, 1.807) is 30.3 Å². The van der Waals surface area contributed by atoms with Gasteiger partial charge in [0.05, 0.1) is 4.90 Å². The number of halogens is 1. The molecule has 0 aliphatic rings. The van der Waals surface area contributed by atoms with Crippen molar-refractivity contribution in [2.75, 3.05) is 13.1 Å². The van der Waals surface area contributed by atoms with Gasteiger partial charge >= 0.3 is 0 Å². The number of hydrogen-bond acceptors (Lipinski definition) is 3. The van der Waals surface area contributed by atoms with Crippen molar-refractivity contribution < 1.29 is 8.42 Å². The van der Waals surface area contributed by atoms with Gasteiger partial charge in [0.1, 0.15) is 0 Å². The highest BCUT2D eigenvalue weighted by Crippen LogP contribution is 2.07. The van der Waals surface area contributed by atoms with E-state index in [1.807, 2.05) is 0 Å². The van der Waals surface area contributed by atoms with Crippen molar-refractivity contribution >= 4 is 22.4 Å². The fourth-order valence-corrected chi connectivity index (χ4v) is 3.15. The molecule has 1 N–H and O–H groups in total. The molecule has 0 amide bonds. The van der Waals surface area contributed by atoms with Crippen LogP contribution in [0.25, 0.3) is 0 Å². The van der Waals surface area contributed by atoms with Crippen LogP contribution >= 0.6 is 12.4 Å². The number of nitrogens with zero attached hydrogens (tertiary/aromatic N) is 1. The lowest BCUT2D eigenvalue weighted by Gasteiger charge is -2.30. The van der Waals surface area contributed by atoms with Crippen molar-refractivity contribution in [1.29, 1.82) is 0 Å². The second-order valence-corrected chi connectivity index (χ2v) is 6.90. The number of hydrogen-bond donors (Lipinski definition) is 1. The van der Waals surface area contributed by atoms with Gasteiger partial charge in [0, 0.05) is 25.2 Å². The minimum absolute atomic E-state index is 0. The highest BCUT2D eigenvalue weighted by atomic mass is 35.5. The zero-order chi connectivity index (χ0) is 14.5. The van der Waals surface area contributed by atoms with E-state index in [4.69, 9.17) is 0 Å². The molecule has 20 heavy (non-hydrogen) atoms. The number of benzene rings is 1. The number of rotatable bonds is 7. The van der Waals surface area contributed by atoms with Gasteiger partial charge in [0.15, 0.2) is 0 Å². The Hall–Kier alpha value is -0.620. The Morgan fingerprint density at radius 2 is 1.55 bits per heavy atom. The van der Waals surface area contributed by atoms with Gasteiger partial charge < -0.3 is 0 Å². The molecule has 1 rings (SSSR count). The summed E-state index contributed by atoms with van der Waals surface area (Å²) in [5.74, 6) is 0. The summed E-state index contributed by atoms with van der Waals surface area (Å²) in [5, 5.41) is 0. The summed E-state index contributed by atoms with van der Waals surface area (Å²) >= 11 is 0. The van der Waals surface area contributed by atoms with Crippen molar-refractivity contribution in [2.24, 2.45) is 0 Å². The predicted molar refractivity (Wildman–Crippen MR) is 85.9 cm³/mol. The first-order valence-electron chi connectivity index (χ1n) is 6.65. The molecule has 1 aromatic rings. The molecule has 0 bridgehead atoms. The summed E-state index contributed by atoms with van der Waals surface area (Å²) < 4.78 is 26.7. The summed E-state index contributed by atoms with van der Waals surface area (Å²) in [6.07, 6.45) is 0. The van der Waals surface area contributed by atoms with Crippen LogP contribution in [0.3, 0.4) is 0 Å². The van der Waals surface area contributed by atoms with Gasteiger partial charge in [0.25, 0.3) is 0 Å². The zero-order valence-electron chi connectivity index (χ0n) is 12.5. The molecule has 0 aliphatic heterocycles. The van der Waals surface area contributed by atoms with E-state index in [1.165, 1.54) is 0 Å². The molecule has 1 aromatic carbocycles. The molecule has 0 unspecified atom stereocenters. The Kier molecular flexibility index (Phi) is 8.35. The number of nitrogens with one attached hydrogen (secondary N) is 1. The van der Waals surface area contributed by atoms with Crippen LogP contribution in [0.4, 0.5) is 0 Å². The molecule has 4 nitrogen and oxygen atoms in total. The lowest BCUT2D eigenvalue weighted by molar-refractivity contribution is 0.179. The van der Waals surface area contributed by atoms with Gasteiger partial charge in [-0.05, 0) is 39.8 Å². The van der Waals surface area contributed by atoms with E-state index in [9.17, 15) is 8.42 Å². The summed E-state index contributed by atoms with van der Waals surface area (Å²) in [6.45, 7) is 9.60. The second-order valence-electron chi connectivity index (χ2n) is 5.14. The maximum Gasteiger partial charge on any atom is 0.240 e. The van der Waals surface area contributed by atoms with Crippen LogP contribution in [0, 0.1) is 0 Å². The number of sulfonamides is 1. The highest BCUT2D eigenvalue weighted by Gasteiger charge is 2.16. The maximum absolute atomic E-state index is 12.0. The maximum atomic E-state index is 12.0. The van der Waals surface area contributed by atoms with Gasteiger partial charge in [-0.15, -0.1) is 12.4 Å². The van der Waals surface area contributed by atoms with Gasteiger partial charge in [-0.2, -0.15) is 0 Å². The van der Waals surface area contributed by atoms with E-state index in [-0.39, 0.29) is 12.4 Å². The van der Waals surface area contributed by atoms with Gasteiger partial charge in [0.2, 0.25) is 10.0 Å². The third-order valence-corrected chi connectivity index (χ3v) is 4.52. The van der Waals surface area contributed by atoms with Crippen LogP contribution in [0.5, 0.6) is 0 Å². The van der Waals surface area contributed by atoms with Crippen LogP contribution in [0.2, 0.25) is 0 Å².